The van der Waals surface area contributed by atoms with Crippen LogP contribution in [0.3, 0.4) is 0 Å². The van der Waals surface area contributed by atoms with Gasteiger partial charge in [0, 0.05) is 0 Å². The fourth-order valence-electron chi connectivity index (χ4n) is 2.22. The first kappa shape index (κ1) is 18.0. The van der Waals surface area contributed by atoms with E-state index >= 15 is 0 Å². The summed E-state index contributed by atoms with van der Waals surface area (Å²) in [6.45, 7) is 7.01. The summed E-state index contributed by atoms with van der Waals surface area (Å²) in [5.74, 6) is -2.05. The van der Waals surface area contributed by atoms with E-state index in [1.165, 1.54) is 12.1 Å². The summed E-state index contributed by atoms with van der Waals surface area (Å²) in [4.78, 5) is 22.0. The van der Waals surface area contributed by atoms with Crippen LogP contribution in [0.25, 0.3) is 0 Å². The lowest BCUT2D eigenvalue weighted by molar-refractivity contribution is 0.0696. The number of benzene rings is 1. The van der Waals surface area contributed by atoms with E-state index in [0.717, 1.165) is 31.7 Å². The number of carboxylic acid groups (broad SMARTS) is 2. The van der Waals surface area contributed by atoms with Crippen LogP contribution in [0.1, 0.15) is 67.2 Å². The molecule has 0 aromatic heterocycles. The number of hydrogen-bond acceptors (Lipinski definition) is 3. The zero-order valence-corrected chi connectivity index (χ0v) is 13.4. The molecule has 0 heterocycles. The van der Waals surface area contributed by atoms with Gasteiger partial charge in [-0.25, -0.2) is 9.59 Å². The second kappa shape index (κ2) is 7.82. The highest BCUT2D eigenvalue weighted by molar-refractivity contribution is 5.94. The topological polar surface area (TPSA) is 83.8 Å². The maximum Gasteiger partial charge on any atom is 0.335 e. The average molecular weight is 308 g/mol. The van der Waals surface area contributed by atoms with Crippen LogP contribution in [-0.2, 0) is 0 Å². The van der Waals surface area contributed by atoms with E-state index in [-0.39, 0.29) is 16.9 Å². The van der Waals surface area contributed by atoms with Gasteiger partial charge in [-0.3, -0.25) is 0 Å². The zero-order chi connectivity index (χ0) is 16.8. The minimum absolute atomic E-state index is 0.0816. The SMILES string of the molecule is CCC(C)(CC)CCCOc1cc(C(=O)O)cc(C(=O)O)c1. The Labute approximate surface area is 130 Å². The van der Waals surface area contributed by atoms with Crippen LogP contribution in [0.15, 0.2) is 18.2 Å². The number of carbonyl (C=O) groups is 2. The molecule has 122 valence electrons. The van der Waals surface area contributed by atoms with Crippen molar-refractivity contribution in [3.63, 3.8) is 0 Å². The summed E-state index contributed by atoms with van der Waals surface area (Å²) >= 11 is 0. The zero-order valence-electron chi connectivity index (χ0n) is 13.4. The van der Waals surface area contributed by atoms with Crippen LogP contribution in [-0.4, -0.2) is 28.8 Å². The number of carboxylic acids is 2. The second-order valence-corrected chi connectivity index (χ2v) is 5.83. The lowest BCUT2D eigenvalue weighted by Gasteiger charge is -2.26. The molecular formula is C17H24O5. The molecule has 0 bridgehead atoms. The molecule has 0 aliphatic heterocycles. The lowest BCUT2D eigenvalue weighted by Crippen LogP contribution is -2.15. The Morgan fingerprint density at radius 3 is 1.95 bits per heavy atom. The van der Waals surface area contributed by atoms with Crippen LogP contribution >= 0.6 is 0 Å². The van der Waals surface area contributed by atoms with E-state index in [1.807, 2.05) is 0 Å². The van der Waals surface area contributed by atoms with Crippen LogP contribution in [0.5, 0.6) is 5.75 Å². The first-order valence-electron chi connectivity index (χ1n) is 7.56. The molecule has 0 amide bonds. The molecule has 22 heavy (non-hydrogen) atoms. The molecule has 0 unspecified atom stereocenters. The van der Waals surface area contributed by atoms with Crippen LogP contribution < -0.4 is 4.74 Å². The highest BCUT2D eigenvalue weighted by atomic mass is 16.5. The molecule has 5 nitrogen and oxygen atoms in total. The number of ether oxygens (including phenoxy) is 1. The summed E-state index contributed by atoms with van der Waals surface area (Å²) in [5.41, 5.74) is 0.127. The summed E-state index contributed by atoms with van der Waals surface area (Å²) < 4.78 is 5.55. The number of rotatable bonds is 9. The third-order valence-electron chi connectivity index (χ3n) is 4.30. The predicted molar refractivity (Wildman–Crippen MR) is 83.8 cm³/mol. The van der Waals surface area contributed by atoms with Gasteiger partial charge in [0.15, 0.2) is 0 Å². The van der Waals surface area contributed by atoms with E-state index < -0.39 is 11.9 Å². The van der Waals surface area contributed by atoms with Gasteiger partial charge in [0.1, 0.15) is 5.75 Å². The van der Waals surface area contributed by atoms with Gasteiger partial charge in [0.05, 0.1) is 17.7 Å². The molecule has 0 saturated heterocycles. The number of aromatic carboxylic acids is 2. The van der Waals surface area contributed by atoms with Crippen molar-refractivity contribution in [2.45, 2.75) is 46.5 Å². The maximum atomic E-state index is 11.0. The minimum Gasteiger partial charge on any atom is -0.494 e. The Hall–Kier alpha value is -2.04. The van der Waals surface area contributed by atoms with Crippen LogP contribution in [0, 0.1) is 5.41 Å². The minimum atomic E-state index is -1.17. The largest absolute Gasteiger partial charge is 0.494 e. The van der Waals surface area contributed by atoms with E-state index in [4.69, 9.17) is 14.9 Å². The third kappa shape index (κ3) is 5.06. The summed E-state index contributed by atoms with van der Waals surface area (Å²) in [6.07, 6.45) is 4.06. The predicted octanol–water partition coefficient (Wildman–Crippen LogP) is 4.07. The van der Waals surface area contributed by atoms with Gasteiger partial charge in [-0.1, -0.05) is 33.6 Å². The van der Waals surface area contributed by atoms with E-state index in [1.54, 1.807) is 0 Å². The van der Waals surface area contributed by atoms with Gasteiger partial charge >= 0.3 is 11.9 Å². The van der Waals surface area contributed by atoms with Gasteiger partial charge in [0.25, 0.3) is 0 Å². The molecule has 0 radical (unpaired) electrons. The van der Waals surface area contributed by atoms with Gasteiger partial charge in [-0.15, -0.1) is 0 Å². The Balaban J connectivity index is 2.69. The maximum absolute atomic E-state index is 11.0. The molecule has 1 aromatic rings. The monoisotopic (exact) mass is 308 g/mol. The van der Waals surface area contributed by atoms with E-state index in [2.05, 4.69) is 20.8 Å². The normalized spacial score (nSPS) is 11.2. The third-order valence-corrected chi connectivity index (χ3v) is 4.30. The Bertz CT molecular complexity index is 500. The first-order chi connectivity index (χ1) is 10.3. The molecule has 0 aliphatic carbocycles. The molecule has 1 aromatic carbocycles. The van der Waals surface area contributed by atoms with Crippen LogP contribution in [0.4, 0.5) is 0 Å². The lowest BCUT2D eigenvalue weighted by atomic mass is 9.80. The van der Waals surface area contributed by atoms with Crippen molar-refractivity contribution in [2.75, 3.05) is 6.61 Å². The van der Waals surface area contributed by atoms with Gasteiger partial charge < -0.3 is 14.9 Å². The highest BCUT2D eigenvalue weighted by Gasteiger charge is 2.19. The van der Waals surface area contributed by atoms with Crippen molar-refractivity contribution >= 4 is 11.9 Å². The van der Waals surface area contributed by atoms with Crippen LogP contribution in [0.2, 0.25) is 0 Å². The van der Waals surface area contributed by atoms with Gasteiger partial charge in [0.2, 0.25) is 0 Å². The average Bonchev–Trinajstić information content (AvgIpc) is 2.51. The molecule has 0 spiro atoms. The Morgan fingerprint density at radius 1 is 1.05 bits per heavy atom. The van der Waals surface area contributed by atoms with Crippen molar-refractivity contribution in [1.29, 1.82) is 0 Å². The van der Waals surface area contributed by atoms with Crippen molar-refractivity contribution in [1.82, 2.24) is 0 Å². The van der Waals surface area contributed by atoms with Gasteiger partial charge in [-0.05, 0) is 36.5 Å². The highest BCUT2D eigenvalue weighted by Crippen LogP contribution is 2.31. The second-order valence-electron chi connectivity index (χ2n) is 5.83. The molecule has 0 aliphatic rings. The van der Waals surface area contributed by atoms with E-state index in [0.29, 0.717) is 12.0 Å². The van der Waals surface area contributed by atoms with Crippen molar-refractivity contribution in [3.05, 3.63) is 29.3 Å². The van der Waals surface area contributed by atoms with Crippen molar-refractivity contribution in [3.8, 4) is 5.75 Å². The Morgan fingerprint density at radius 2 is 1.55 bits per heavy atom. The Kier molecular flexibility index (Phi) is 6.40. The van der Waals surface area contributed by atoms with Crippen molar-refractivity contribution in [2.24, 2.45) is 5.41 Å². The van der Waals surface area contributed by atoms with Gasteiger partial charge in [-0.2, -0.15) is 0 Å². The first-order valence-corrected chi connectivity index (χ1v) is 7.56. The summed E-state index contributed by atoms with van der Waals surface area (Å²) in [7, 11) is 0. The molecular weight excluding hydrogens is 284 g/mol. The summed E-state index contributed by atoms with van der Waals surface area (Å²) in [6, 6.07) is 3.84. The number of hydrogen-bond donors (Lipinski definition) is 2. The fourth-order valence-corrected chi connectivity index (χ4v) is 2.22. The molecule has 2 N–H and O–H groups in total. The van der Waals surface area contributed by atoms with E-state index in [9.17, 15) is 9.59 Å². The smallest absolute Gasteiger partial charge is 0.335 e. The molecule has 5 heteroatoms. The molecule has 0 fully saturated rings. The molecule has 0 atom stereocenters. The molecule has 0 saturated carbocycles. The molecule has 1 rings (SSSR count). The van der Waals surface area contributed by atoms with Crippen molar-refractivity contribution < 1.29 is 24.5 Å². The fraction of sp³-hybridized carbons (Fsp3) is 0.529. The quantitative estimate of drug-likeness (QED) is 0.672. The standard InChI is InChI=1S/C17H24O5/c1-4-17(3,5-2)7-6-8-22-14-10-12(15(18)19)9-13(11-14)16(20)21/h9-11H,4-8H2,1-3H3,(H,18,19)(H,20,21). The summed E-state index contributed by atoms with van der Waals surface area (Å²) in [5, 5.41) is 18.0.